The van der Waals surface area contributed by atoms with E-state index in [0.717, 1.165) is 13.0 Å². The minimum atomic E-state index is 0.538. The van der Waals surface area contributed by atoms with E-state index in [2.05, 4.69) is 42.9 Å². The zero-order valence-corrected chi connectivity index (χ0v) is 8.54. The molecule has 13 heavy (non-hydrogen) atoms. The van der Waals surface area contributed by atoms with Crippen LogP contribution in [-0.4, -0.2) is 18.6 Å². The molecule has 2 heteroatoms. The Morgan fingerprint density at radius 3 is 2.85 bits per heavy atom. The van der Waals surface area contributed by atoms with Gasteiger partial charge in [-0.3, -0.25) is 4.98 Å². The van der Waals surface area contributed by atoms with Gasteiger partial charge in [0.2, 0.25) is 0 Å². The summed E-state index contributed by atoms with van der Waals surface area (Å²) in [5.74, 6) is 0.538. The van der Waals surface area contributed by atoms with Gasteiger partial charge in [-0.25, -0.2) is 0 Å². The molecule has 1 aromatic rings. The number of hydrogen-bond donors (Lipinski definition) is 0. The second kappa shape index (κ2) is 3.02. The second-order valence-electron chi connectivity index (χ2n) is 4.03. The Morgan fingerprint density at radius 2 is 2.15 bits per heavy atom. The minimum absolute atomic E-state index is 0.538. The van der Waals surface area contributed by atoms with Gasteiger partial charge in [0, 0.05) is 25.7 Å². The van der Waals surface area contributed by atoms with Crippen LogP contribution < -0.4 is 4.90 Å². The van der Waals surface area contributed by atoms with Gasteiger partial charge in [0.05, 0.1) is 11.4 Å². The van der Waals surface area contributed by atoms with E-state index in [1.165, 1.54) is 17.1 Å². The van der Waals surface area contributed by atoms with Gasteiger partial charge in [0.25, 0.3) is 0 Å². The zero-order valence-electron chi connectivity index (χ0n) is 8.54. The highest BCUT2D eigenvalue weighted by atomic mass is 15.1. The van der Waals surface area contributed by atoms with Gasteiger partial charge in [0.15, 0.2) is 0 Å². The fraction of sp³-hybridized carbons (Fsp3) is 0.545. The third kappa shape index (κ3) is 1.41. The minimum Gasteiger partial charge on any atom is -0.373 e. The lowest BCUT2D eigenvalue weighted by Gasteiger charge is -2.12. The molecule has 0 N–H and O–H groups in total. The molecule has 0 saturated carbocycles. The molecule has 0 unspecified atom stereocenters. The molecule has 2 rings (SSSR count). The molecule has 0 atom stereocenters. The normalized spacial score (nSPS) is 15.2. The summed E-state index contributed by atoms with van der Waals surface area (Å²) in [7, 11) is 2.13. The van der Waals surface area contributed by atoms with Crippen molar-refractivity contribution in [2.75, 3.05) is 18.5 Å². The third-order valence-electron chi connectivity index (χ3n) is 2.66. The lowest BCUT2D eigenvalue weighted by molar-refractivity contribution is 0.811. The van der Waals surface area contributed by atoms with Gasteiger partial charge >= 0.3 is 0 Å². The highest BCUT2D eigenvalue weighted by Gasteiger charge is 2.17. The van der Waals surface area contributed by atoms with Crippen LogP contribution in [0.2, 0.25) is 0 Å². The predicted molar refractivity (Wildman–Crippen MR) is 55.3 cm³/mol. The van der Waals surface area contributed by atoms with Gasteiger partial charge in [-0.2, -0.15) is 0 Å². The molecule has 1 aliphatic heterocycles. The summed E-state index contributed by atoms with van der Waals surface area (Å²) >= 11 is 0. The van der Waals surface area contributed by atoms with E-state index < -0.39 is 0 Å². The predicted octanol–water partition coefficient (Wildman–Crippen LogP) is 2.20. The highest BCUT2D eigenvalue weighted by Crippen LogP contribution is 2.26. The molecule has 2 nitrogen and oxygen atoms in total. The molecule has 0 amide bonds. The van der Waals surface area contributed by atoms with Gasteiger partial charge in [-0.15, -0.1) is 0 Å². The van der Waals surface area contributed by atoms with Crippen LogP contribution in [0.15, 0.2) is 12.1 Å². The van der Waals surface area contributed by atoms with E-state index in [1.807, 2.05) is 0 Å². The monoisotopic (exact) mass is 176 g/mol. The first-order valence-electron chi connectivity index (χ1n) is 4.89. The van der Waals surface area contributed by atoms with E-state index in [9.17, 15) is 0 Å². The number of hydrogen-bond acceptors (Lipinski definition) is 2. The summed E-state index contributed by atoms with van der Waals surface area (Å²) < 4.78 is 0. The number of nitrogens with zero attached hydrogens (tertiary/aromatic N) is 2. The molecule has 1 aromatic heterocycles. The van der Waals surface area contributed by atoms with Gasteiger partial charge in [-0.1, -0.05) is 13.8 Å². The molecular formula is C11H16N2. The first-order chi connectivity index (χ1) is 6.18. The summed E-state index contributed by atoms with van der Waals surface area (Å²) in [5.41, 5.74) is 3.80. The van der Waals surface area contributed by atoms with Crippen LogP contribution in [0.25, 0.3) is 0 Å². The van der Waals surface area contributed by atoms with Crippen molar-refractivity contribution < 1.29 is 0 Å². The number of pyridine rings is 1. The first kappa shape index (κ1) is 8.54. The number of fused-ring (bicyclic) bond motifs is 1. The van der Waals surface area contributed by atoms with Gasteiger partial charge < -0.3 is 4.90 Å². The standard InChI is InChI=1S/C11H16N2/c1-8(2)9-4-5-11-10(12-9)6-7-13(11)3/h4-5,8H,6-7H2,1-3H3. The average molecular weight is 176 g/mol. The Bertz CT molecular complexity index is 318. The largest absolute Gasteiger partial charge is 0.373 e. The Balaban J connectivity index is 2.40. The lowest BCUT2D eigenvalue weighted by atomic mass is 10.1. The molecule has 0 aliphatic carbocycles. The zero-order chi connectivity index (χ0) is 9.42. The van der Waals surface area contributed by atoms with Crippen LogP contribution in [0.1, 0.15) is 31.2 Å². The van der Waals surface area contributed by atoms with E-state index >= 15 is 0 Å². The van der Waals surface area contributed by atoms with Crippen molar-refractivity contribution in [3.05, 3.63) is 23.5 Å². The smallest absolute Gasteiger partial charge is 0.0657 e. The van der Waals surface area contributed by atoms with Crippen LogP contribution in [0.3, 0.4) is 0 Å². The van der Waals surface area contributed by atoms with Crippen molar-refractivity contribution in [2.45, 2.75) is 26.2 Å². The Morgan fingerprint density at radius 1 is 1.38 bits per heavy atom. The van der Waals surface area contributed by atoms with Crippen molar-refractivity contribution in [3.8, 4) is 0 Å². The number of likely N-dealkylation sites (N-methyl/N-ethyl adjacent to an activating group) is 1. The van der Waals surface area contributed by atoms with Crippen molar-refractivity contribution >= 4 is 5.69 Å². The molecule has 2 heterocycles. The molecule has 0 saturated heterocycles. The Labute approximate surface area is 79.6 Å². The van der Waals surface area contributed by atoms with E-state index in [1.54, 1.807) is 0 Å². The maximum absolute atomic E-state index is 4.66. The fourth-order valence-electron chi connectivity index (χ4n) is 1.76. The van der Waals surface area contributed by atoms with E-state index in [0.29, 0.717) is 5.92 Å². The summed E-state index contributed by atoms with van der Waals surface area (Å²) in [5, 5.41) is 0. The van der Waals surface area contributed by atoms with E-state index in [-0.39, 0.29) is 0 Å². The molecule has 0 fully saturated rings. The Hall–Kier alpha value is -1.05. The van der Waals surface area contributed by atoms with Gasteiger partial charge in [-0.05, 0) is 18.1 Å². The topological polar surface area (TPSA) is 16.1 Å². The van der Waals surface area contributed by atoms with Crippen molar-refractivity contribution in [2.24, 2.45) is 0 Å². The summed E-state index contributed by atoms with van der Waals surface area (Å²) in [6, 6.07) is 4.34. The van der Waals surface area contributed by atoms with Crippen LogP contribution in [0, 0.1) is 0 Å². The van der Waals surface area contributed by atoms with Crippen molar-refractivity contribution in [3.63, 3.8) is 0 Å². The maximum atomic E-state index is 4.66. The van der Waals surface area contributed by atoms with Crippen molar-refractivity contribution in [1.29, 1.82) is 0 Å². The molecule has 70 valence electrons. The summed E-state index contributed by atoms with van der Waals surface area (Å²) in [6.45, 7) is 5.49. The fourth-order valence-corrected chi connectivity index (χ4v) is 1.76. The Kier molecular flexibility index (Phi) is 1.98. The molecule has 0 spiro atoms. The summed E-state index contributed by atoms with van der Waals surface area (Å²) in [4.78, 5) is 6.93. The highest BCUT2D eigenvalue weighted by molar-refractivity contribution is 5.54. The maximum Gasteiger partial charge on any atom is 0.0657 e. The van der Waals surface area contributed by atoms with Crippen LogP contribution >= 0.6 is 0 Å². The van der Waals surface area contributed by atoms with Crippen molar-refractivity contribution in [1.82, 2.24) is 4.98 Å². The SMILES string of the molecule is CC(C)c1ccc2c(n1)CCN2C. The molecule has 0 aromatic carbocycles. The molecule has 0 radical (unpaired) electrons. The quantitative estimate of drug-likeness (QED) is 0.652. The van der Waals surface area contributed by atoms with Crippen LogP contribution in [0.5, 0.6) is 0 Å². The van der Waals surface area contributed by atoms with Crippen LogP contribution in [0.4, 0.5) is 5.69 Å². The third-order valence-corrected chi connectivity index (χ3v) is 2.66. The summed E-state index contributed by atoms with van der Waals surface area (Å²) in [6.07, 6.45) is 1.10. The number of aromatic nitrogens is 1. The molecule has 1 aliphatic rings. The second-order valence-corrected chi connectivity index (χ2v) is 4.03. The van der Waals surface area contributed by atoms with Crippen LogP contribution in [-0.2, 0) is 6.42 Å². The van der Waals surface area contributed by atoms with Gasteiger partial charge in [0.1, 0.15) is 0 Å². The average Bonchev–Trinajstić information content (AvgIpc) is 2.47. The number of rotatable bonds is 1. The molecule has 0 bridgehead atoms. The lowest BCUT2D eigenvalue weighted by Crippen LogP contribution is -2.12. The molecular weight excluding hydrogens is 160 g/mol. The first-order valence-corrected chi connectivity index (χ1v) is 4.89. The number of anilines is 1. The van der Waals surface area contributed by atoms with E-state index in [4.69, 9.17) is 0 Å².